The highest BCUT2D eigenvalue weighted by Gasteiger charge is 1.99. The van der Waals surface area contributed by atoms with Crippen molar-refractivity contribution in [1.82, 2.24) is 0 Å². The van der Waals surface area contributed by atoms with E-state index in [1.54, 1.807) is 12.2 Å². The van der Waals surface area contributed by atoms with Crippen LogP contribution >= 0.6 is 0 Å². The van der Waals surface area contributed by atoms with Crippen LogP contribution in [0, 0.1) is 0 Å². The Kier molecular flexibility index (Phi) is 3.86. The number of allylic oxidation sites excluding steroid dienone is 2. The van der Waals surface area contributed by atoms with Gasteiger partial charge >= 0.3 is 0 Å². The second-order valence-corrected chi connectivity index (χ2v) is 3.00. The van der Waals surface area contributed by atoms with Crippen LogP contribution in [0.1, 0.15) is 29.3 Å². The van der Waals surface area contributed by atoms with Crippen LogP contribution in [-0.2, 0) is 0 Å². The summed E-state index contributed by atoms with van der Waals surface area (Å²) in [6.45, 7) is 5.66. The number of carbonyl (C=O) groups excluding carboxylic acids is 1. The molecule has 0 bridgehead atoms. The molecule has 72 valence electrons. The van der Waals surface area contributed by atoms with Gasteiger partial charge in [-0.1, -0.05) is 49.9 Å². The molecule has 1 aromatic rings. The van der Waals surface area contributed by atoms with E-state index in [-0.39, 0.29) is 5.78 Å². The van der Waals surface area contributed by atoms with Gasteiger partial charge < -0.3 is 0 Å². The van der Waals surface area contributed by atoms with Gasteiger partial charge in [-0.25, -0.2) is 0 Å². The second kappa shape index (κ2) is 5.18. The van der Waals surface area contributed by atoms with Crippen molar-refractivity contribution in [3.63, 3.8) is 0 Å². The molecule has 0 unspecified atom stereocenters. The van der Waals surface area contributed by atoms with Gasteiger partial charge in [0.15, 0.2) is 5.78 Å². The summed E-state index contributed by atoms with van der Waals surface area (Å²) in [7, 11) is 0. The first-order valence-electron chi connectivity index (χ1n) is 4.71. The first-order chi connectivity index (χ1) is 6.77. The maximum Gasteiger partial charge on any atom is 0.185 e. The number of ketones is 1. The maximum atomic E-state index is 11.5. The first-order valence-corrected chi connectivity index (χ1v) is 4.71. The van der Waals surface area contributed by atoms with E-state index >= 15 is 0 Å². The largest absolute Gasteiger partial charge is 0.289 e. The fraction of sp³-hybridized carbons (Fsp3) is 0.154. The van der Waals surface area contributed by atoms with Crippen molar-refractivity contribution in [2.45, 2.75) is 13.3 Å². The van der Waals surface area contributed by atoms with Gasteiger partial charge in [0.05, 0.1) is 0 Å². The Morgan fingerprint density at radius 1 is 1.36 bits per heavy atom. The van der Waals surface area contributed by atoms with Crippen molar-refractivity contribution in [2.24, 2.45) is 0 Å². The zero-order chi connectivity index (χ0) is 10.4. The minimum Gasteiger partial charge on any atom is -0.289 e. The minimum atomic E-state index is 0.0578. The Hall–Kier alpha value is -1.63. The molecule has 0 saturated heterocycles. The summed E-state index contributed by atoms with van der Waals surface area (Å²) in [5.41, 5.74) is 1.75. The lowest BCUT2D eigenvalue weighted by Gasteiger charge is -1.96. The van der Waals surface area contributed by atoms with Crippen molar-refractivity contribution in [3.05, 3.63) is 54.1 Å². The van der Waals surface area contributed by atoms with Crippen molar-refractivity contribution in [2.75, 3.05) is 0 Å². The molecule has 1 heteroatoms. The fourth-order valence-corrected chi connectivity index (χ4v) is 1.10. The van der Waals surface area contributed by atoms with Crippen LogP contribution in [0.3, 0.4) is 0 Å². The van der Waals surface area contributed by atoms with E-state index in [2.05, 4.69) is 6.58 Å². The molecule has 0 radical (unpaired) electrons. The van der Waals surface area contributed by atoms with Gasteiger partial charge in [-0.2, -0.15) is 0 Å². The molecular weight excluding hydrogens is 172 g/mol. The van der Waals surface area contributed by atoms with E-state index in [1.807, 2.05) is 37.3 Å². The van der Waals surface area contributed by atoms with Gasteiger partial charge in [0.1, 0.15) is 0 Å². The lowest BCUT2D eigenvalue weighted by atomic mass is 10.1. The molecule has 0 aliphatic carbocycles. The number of benzene rings is 1. The monoisotopic (exact) mass is 186 g/mol. The van der Waals surface area contributed by atoms with Crippen molar-refractivity contribution in [1.29, 1.82) is 0 Å². The Labute approximate surface area is 84.8 Å². The third kappa shape index (κ3) is 2.70. The summed E-state index contributed by atoms with van der Waals surface area (Å²) in [6.07, 6.45) is 6.12. The zero-order valence-electron chi connectivity index (χ0n) is 8.36. The second-order valence-electron chi connectivity index (χ2n) is 3.00. The van der Waals surface area contributed by atoms with E-state index in [0.29, 0.717) is 0 Å². The topological polar surface area (TPSA) is 17.1 Å². The molecule has 1 aromatic carbocycles. The summed E-state index contributed by atoms with van der Waals surface area (Å²) >= 11 is 0. The van der Waals surface area contributed by atoms with Crippen LogP contribution in [0.2, 0.25) is 0 Å². The maximum absolute atomic E-state index is 11.5. The van der Waals surface area contributed by atoms with Crippen LogP contribution in [-0.4, -0.2) is 5.78 Å². The molecule has 0 aromatic heterocycles. The van der Waals surface area contributed by atoms with E-state index in [0.717, 1.165) is 17.5 Å². The van der Waals surface area contributed by atoms with Crippen molar-refractivity contribution >= 4 is 11.9 Å². The van der Waals surface area contributed by atoms with Crippen LogP contribution in [0.5, 0.6) is 0 Å². The van der Waals surface area contributed by atoms with E-state index < -0.39 is 0 Å². The molecule has 0 atom stereocenters. The molecule has 0 heterocycles. The Balaban J connectivity index is 2.81. The summed E-state index contributed by atoms with van der Waals surface area (Å²) in [4.78, 5) is 11.5. The summed E-state index contributed by atoms with van der Waals surface area (Å²) < 4.78 is 0. The van der Waals surface area contributed by atoms with Gasteiger partial charge in [-0.3, -0.25) is 4.79 Å². The molecule has 0 N–H and O–H groups in total. The summed E-state index contributed by atoms with van der Waals surface area (Å²) in [5.74, 6) is 0.0578. The lowest BCUT2D eigenvalue weighted by molar-refractivity contribution is 0.104. The zero-order valence-corrected chi connectivity index (χ0v) is 8.36. The predicted octanol–water partition coefficient (Wildman–Crippen LogP) is 3.48. The molecule has 0 fully saturated rings. The smallest absolute Gasteiger partial charge is 0.185 e. The van der Waals surface area contributed by atoms with Gasteiger partial charge in [0.25, 0.3) is 0 Å². The van der Waals surface area contributed by atoms with Gasteiger partial charge in [0.2, 0.25) is 0 Å². The third-order valence-corrected chi connectivity index (χ3v) is 1.94. The Bertz CT molecular complexity index is 344. The van der Waals surface area contributed by atoms with Crippen LogP contribution in [0.25, 0.3) is 6.08 Å². The van der Waals surface area contributed by atoms with Crippen molar-refractivity contribution < 1.29 is 4.79 Å². The van der Waals surface area contributed by atoms with E-state index in [1.165, 1.54) is 0 Å². The number of rotatable bonds is 4. The van der Waals surface area contributed by atoms with E-state index in [9.17, 15) is 4.79 Å². The average molecular weight is 186 g/mol. The molecule has 0 aliphatic rings. The molecule has 14 heavy (non-hydrogen) atoms. The first kappa shape index (κ1) is 10.5. The number of hydrogen-bond acceptors (Lipinski definition) is 1. The van der Waals surface area contributed by atoms with Crippen LogP contribution in [0.4, 0.5) is 0 Å². The van der Waals surface area contributed by atoms with Gasteiger partial charge in [-0.05, 0) is 18.1 Å². The molecule has 0 saturated carbocycles. The summed E-state index contributed by atoms with van der Waals surface area (Å²) in [6, 6.07) is 7.42. The highest BCUT2D eigenvalue weighted by atomic mass is 16.1. The van der Waals surface area contributed by atoms with Gasteiger partial charge in [-0.15, -0.1) is 0 Å². The normalized spacial score (nSPS) is 10.4. The number of hydrogen-bond donors (Lipinski definition) is 0. The van der Waals surface area contributed by atoms with Gasteiger partial charge in [0, 0.05) is 5.56 Å². The van der Waals surface area contributed by atoms with Crippen molar-refractivity contribution in [3.8, 4) is 0 Å². The molecule has 0 aliphatic heterocycles. The predicted molar refractivity (Wildman–Crippen MR) is 60.3 cm³/mol. The SMILES string of the molecule is C=Cc1ccc(C(=O)C=CCC)cc1. The Morgan fingerprint density at radius 2 is 2.00 bits per heavy atom. The minimum absolute atomic E-state index is 0.0578. The molecule has 1 rings (SSSR count). The molecule has 1 nitrogen and oxygen atoms in total. The highest BCUT2D eigenvalue weighted by molar-refractivity contribution is 6.04. The highest BCUT2D eigenvalue weighted by Crippen LogP contribution is 2.06. The standard InChI is InChI=1S/C13H14O/c1-3-5-6-13(14)12-9-7-11(4-2)8-10-12/h4-10H,2-3H2,1H3. The Morgan fingerprint density at radius 3 is 2.50 bits per heavy atom. The molecule has 0 spiro atoms. The molecule has 0 amide bonds. The average Bonchev–Trinajstić information content (AvgIpc) is 2.26. The van der Waals surface area contributed by atoms with Crippen LogP contribution < -0.4 is 0 Å². The quantitative estimate of drug-likeness (QED) is 0.519. The lowest BCUT2D eigenvalue weighted by Crippen LogP contribution is -1.93. The van der Waals surface area contributed by atoms with Crippen LogP contribution in [0.15, 0.2) is 43.0 Å². The summed E-state index contributed by atoms with van der Waals surface area (Å²) in [5, 5.41) is 0. The fourth-order valence-electron chi connectivity index (χ4n) is 1.10. The molecular formula is C13H14O. The third-order valence-electron chi connectivity index (χ3n) is 1.94. The number of carbonyl (C=O) groups is 1. The van der Waals surface area contributed by atoms with E-state index in [4.69, 9.17) is 0 Å².